The Hall–Kier alpha value is -2.19. The third kappa shape index (κ3) is 4.46. The van der Waals surface area contributed by atoms with Crippen molar-refractivity contribution in [1.29, 1.82) is 0 Å². The lowest BCUT2D eigenvalue weighted by molar-refractivity contribution is -0.123. The molecule has 0 saturated carbocycles. The van der Waals surface area contributed by atoms with Crippen LogP contribution in [0.4, 0.5) is 0 Å². The summed E-state index contributed by atoms with van der Waals surface area (Å²) in [5.41, 5.74) is -0.00674. The average Bonchev–Trinajstić information content (AvgIpc) is 2.51. The predicted octanol–water partition coefficient (Wildman–Crippen LogP) is 1.82. The van der Waals surface area contributed by atoms with E-state index in [9.17, 15) is 13.2 Å². The lowest BCUT2D eigenvalue weighted by Gasteiger charge is -2.23. The fourth-order valence-corrected chi connectivity index (χ4v) is 3.75. The molecule has 0 aliphatic heterocycles. The summed E-state index contributed by atoms with van der Waals surface area (Å²) in [7, 11) is -2.42. The Labute approximate surface area is 147 Å². The minimum atomic E-state index is -3.92. The van der Waals surface area contributed by atoms with Gasteiger partial charge in [-0.2, -0.15) is 4.72 Å². The van der Waals surface area contributed by atoms with Gasteiger partial charge >= 0.3 is 0 Å². The molecule has 0 aliphatic rings. The number of nitrogens with one attached hydrogen (secondary N) is 2. The molecule has 1 atom stereocenters. The lowest BCUT2D eigenvalue weighted by atomic mass is 10.1. The van der Waals surface area contributed by atoms with Crippen LogP contribution < -0.4 is 14.8 Å². The van der Waals surface area contributed by atoms with Crippen molar-refractivity contribution in [3.63, 3.8) is 0 Å². The SMILES string of the molecule is COc1ccc(S(=O)(=O)N[C@H](C)C(=O)NC(C)(C)C)c2cccnc12. The van der Waals surface area contributed by atoms with E-state index in [-0.39, 0.29) is 4.90 Å². The van der Waals surface area contributed by atoms with Gasteiger partial charge in [-0.25, -0.2) is 8.42 Å². The second-order valence-corrected chi connectivity index (χ2v) is 8.43. The second-order valence-electron chi connectivity index (χ2n) is 6.75. The molecule has 0 aliphatic carbocycles. The summed E-state index contributed by atoms with van der Waals surface area (Å²) in [5.74, 6) is 0.0834. The average molecular weight is 365 g/mol. The molecule has 2 rings (SSSR count). The van der Waals surface area contributed by atoms with Gasteiger partial charge in [0.1, 0.15) is 11.3 Å². The zero-order valence-electron chi connectivity index (χ0n) is 15.0. The van der Waals surface area contributed by atoms with E-state index >= 15 is 0 Å². The highest BCUT2D eigenvalue weighted by atomic mass is 32.2. The van der Waals surface area contributed by atoms with E-state index in [1.54, 1.807) is 24.4 Å². The van der Waals surface area contributed by atoms with Crippen LogP contribution in [0.15, 0.2) is 35.4 Å². The molecule has 0 spiro atoms. The first-order valence-electron chi connectivity index (χ1n) is 7.81. The maximum atomic E-state index is 12.8. The number of sulfonamides is 1. The van der Waals surface area contributed by atoms with E-state index in [4.69, 9.17) is 4.74 Å². The molecule has 2 N–H and O–H groups in total. The minimum Gasteiger partial charge on any atom is -0.494 e. The highest BCUT2D eigenvalue weighted by Gasteiger charge is 2.26. The van der Waals surface area contributed by atoms with Gasteiger partial charge in [0.2, 0.25) is 15.9 Å². The number of pyridine rings is 1. The zero-order valence-corrected chi connectivity index (χ0v) is 15.8. The predicted molar refractivity (Wildman–Crippen MR) is 96.0 cm³/mol. The van der Waals surface area contributed by atoms with Gasteiger partial charge in [0, 0.05) is 17.1 Å². The van der Waals surface area contributed by atoms with Gasteiger partial charge in [0.15, 0.2) is 0 Å². The van der Waals surface area contributed by atoms with Crippen LogP contribution in [0.1, 0.15) is 27.7 Å². The summed E-state index contributed by atoms with van der Waals surface area (Å²) in [5, 5.41) is 3.18. The van der Waals surface area contributed by atoms with E-state index in [1.807, 2.05) is 20.8 Å². The Balaban J connectivity index is 2.38. The first kappa shape index (κ1) is 19.1. The Morgan fingerprint density at radius 2 is 1.92 bits per heavy atom. The molecule has 8 heteroatoms. The highest BCUT2D eigenvalue weighted by Crippen LogP contribution is 2.29. The number of carbonyl (C=O) groups excluding carboxylic acids is 1. The maximum Gasteiger partial charge on any atom is 0.241 e. The summed E-state index contributed by atoms with van der Waals surface area (Å²) < 4.78 is 33.2. The molecular formula is C17H23N3O4S. The van der Waals surface area contributed by atoms with Gasteiger partial charge in [0.25, 0.3) is 0 Å². The molecule has 7 nitrogen and oxygen atoms in total. The summed E-state index contributed by atoms with van der Waals surface area (Å²) >= 11 is 0. The van der Waals surface area contributed by atoms with Crippen molar-refractivity contribution in [2.75, 3.05) is 7.11 Å². The fourth-order valence-electron chi connectivity index (χ4n) is 2.35. The molecule has 136 valence electrons. The first-order valence-corrected chi connectivity index (χ1v) is 9.29. The normalized spacial score (nSPS) is 13.5. The molecule has 0 unspecified atom stereocenters. The van der Waals surface area contributed by atoms with Crippen LogP contribution in [0.5, 0.6) is 5.75 Å². The number of aromatic nitrogens is 1. The molecule has 0 bridgehead atoms. The van der Waals surface area contributed by atoms with Gasteiger partial charge in [0.05, 0.1) is 18.0 Å². The topological polar surface area (TPSA) is 97.4 Å². The van der Waals surface area contributed by atoms with E-state index in [2.05, 4.69) is 15.0 Å². The molecule has 0 radical (unpaired) electrons. The van der Waals surface area contributed by atoms with Crippen molar-refractivity contribution in [2.24, 2.45) is 0 Å². The Bertz CT molecular complexity index is 888. The molecule has 0 fully saturated rings. The molecule has 2 aromatic rings. The van der Waals surface area contributed by atoms with E-state index < -0.39 is 27.5 Å². The van der Waals surface area contributed by atoms with Gasteiger partial charge in [-0.15, -0.1) is 0 Å². The van der Waals surface area contributed by atoms with Crippen LogP contribution in [-0.2, 0) is 14.8 Å². The summed E-state index contributed by atoms with van der Waals surface area (Å²) in [6.45, 7) is 6.99. The number of carbonyl (C=O) groups is 1. The van der Waals surface area contributed by atoms with Crippen molar-refractivity contribution >= 4 is 26.8 Å². The van der Waals surface area contributed by atoms with Crippen LogP contribution in [0.25, 0.3) is 10.9 Å². The number of hydrogen-bond donors (Lipinski definition) is 2. The maximum absolute atomic E-state index is 12.8. The van der Waals surface area contributed by atoms with Gasteiger partial charge < -0.3 is 10.1 Å². The zero-order chi connectivity index (χ0) is 18.8. The van der Waals surface area contributed by atoms with Crippen LogP contribution in [-0.4, -0.2) is 38.0 Å². The molecule has 1 amide bonds. The number of ether oxygens (including phenoxy) is 1. The summed E-state index contributed by atoms with van der Waals surface area (Å²) in [6, 6.07) is 5.37. The van der Waals surface area contributed by atoms with Crippen molar-refractivity contribution < 1.29 is 17.9 Å². The van der Waals surface area contributed by atoms with Gasteiger partial charge in [-0.1, -0.05) is 0 Å². The lowest BCUT2D eigenvalue weighted by Crippen LogP contribution is -2.50. The van der Waals surface area contributed by atoms with Gasteiger partial charge in [-0.3, -0.25) is 9.78 Å². The Kier molecular flexibility index (Phi) is 5.34. The van der Waals surface area contributed by atoms with Crippen LogP contribution in [0, 0.1) is 0 Å². The molecule has 1 aromatic carbocycles. The number of amides is 1. The third-order valence-electron chi connectivity index (χ3n) is 3.43. The monoisotopic (exact) mass is 365 g/mol. The summed E-state index contributed by atoms with van der Waals surface area (Å²) in [4.78, 5) is 16.4. The van der Waals surface area contributed by atoms with E-state index in [1.165, 1.54) is 20.1 Å². The number of rotatable bonds is 5. The van der Waals surface area contributed by atoms with Crippen molar-refractivity contribution in [1.82, 2.24) is 15.0 Å². The molecular weight excluding hydrogens is 342 g/mol. The fraction of sp³-hybridized carbons (Fsp3) is 0.412. The molecule has 0 saturated heterocycles. The molecule has 25 heavy (non-hydrogen) atoms. The van der Waals surface area contributed by atoms with E-state index in [0.29, 0.717) is 16.7 Å². The molecule has 1 heterocycles. The number of hydrogen-bond acceptors (Lipinski definition) is 5. The number of benzene rings is 1. The number of nitrogens with zero attached hydrogens (tertiary/aromatic N) is 1. The first-order chi connectivity index (χ1) is 11.5. The number of fused-ring (bicyclic) bond motifs is 1. The largest absolute Gasteiger partial charge is 0.494 e. The smallest absolute Gasteiger partial charge is 0.241 e. The Morgan fingerprint density at radius 3 is 2.52 bits per heavy atom. The molecule has 1 aromatic heterocycles. The highest BCUT2D eigenvalue weighted by molar-refractivity contribution is 7.89. The van der Waals surface area contributed by atoms with Crippen molar-refractivity contribution in [2.45, 2.75) is 44.2 Å². The number of methoxy groups -OCH3 is 1. The van der Waals surface area contributed by atoms with Crippen LogP contribution in [0.3, 0.4) is 0 Å². The minimum absolute atomic E-state index is 0.0480. The third-order valence-corrected chi connectivity index (χ3v) is 5.02. The standard InChI is InChI=1S/C17H23N3O4S/c1-11(16(21)19-17(2,3)4)20-25(22,23)14-9-8-13(24-5)15-12(14)7-6-10-18-15/h6-11,20H,1-5H3,(H,19,21)/t11-/m1/s1. The van der Waals surface area contributed by atoms with Crippen molar-refractivity contribution in [3.05, 3.63) is 30.5 Å². The Morgan fingerprint density at radius 1 is 1.24 bits per heavy atom. The van der Waals surface area contributed by atoms with Crippen LogP contribution in [0.2, 0.25) is 0 Å². The summed E-state index contributed by atoms with van der Waals surface area (Å²) in [6.07, 6.45) is 1.56. The van der Waals surface area contributed by atoms with Gasteiger partial charge in [-0.05, 0) is 52.0 Å². The van der Waals surface area contributed by atoms with Crippen LogP contribution >= 0.6 is 0 Å². The second kappa shape index (κ2) is 6.97. The quantitative estimate of drug-likeness (QED) is 0.842. The van der Waals surface area contributed by atoms with E-state index in [0.717, 1.165) is 0 Å². The van der Waals surface area contributed by atoms with Crippen molar-refractivity contribution in [3.8, 4) is 5.75 Å².